The maximum absolute atomic E-state index is 10.0. The van der Waals surface area contributed by atoms with E-state index in [0.717, 1.165) is 16.7 Å². The van der Waals surface area contributed by atoms with Crippen LogP contribution in [0.3, 0.4) is 0 Å². The lowest BCUT2D eigenvalue weighted by Gasteiger charge is -2.28. The van der Waals surface area contributed by atoms with Crippen LogP contribution in [-0.4, -0.2) is 25.4 Å². The van der Waals surface area contributed by atoms with Crippen molar-refractivity contribution in [2.75, 3.05) is 0 Å². The first-order chi connectivity index (χ1) is 9.57. The van der Waals surface area contributed by atoms with E-state index in [4.69, 9.17) is 4.99 Å². The van der Waals surface area contributed by atoms with Gasteiger partial charge in [-0.25, -0.2) is 0 Å². The maximum Gasteiger partial charge on any atom is 0.127 e. The quantitative estimate of drug-likeness (QED) is 0.594. The highest BCUT2D eigenvalue weighted by Gasteiger charge is 2.50. The predicted molar refractivity (Wildman–Crippen MR) is 89.8 cm³/mol. The smallest absolute Gasteiger partial charge is 0.127 e. The summed E-state index contributed by atoms with van der Waals surface area (Å²) in [4.78, 5) is 4.75. The fourth-order valence-electron chi connectivity index (χ4n) is 3.50. The van der Waals surface area contributed by atoms with Crippen molar-refractivity contribution in [3.05, 3.63) is 29.3 Å². The number of nitrogens with zero attached hydrogens (tertiary/aromatic N) is 1. The average molecular weight is 289 g/mol. The highest BCUT2D eigenvalue weighted by molar-refractivity contribution is 6.82. The van der Waals surface area contributed by atoms with E-state index in [-0.39, 0.29) is 0 Å². The molecule has 0 saturated heterocycles. The molecule has 2 unspecified atom stereocenters. The van der Waals surface area contributed by atoms with Crippen LogP contribution in [0, 0.1) is 6.92 Å². The molecular formula is C17H27NOSi. The number of benzene rings is 1. The topological polar surface area (TPSA) is 32.6 Å². The van der Waals surface area contributed by atoms with Crippen LogP contribution in [-0.2, 0) is 0 Å². The van der Waals surface area contributed by atoms with Crippen molar-refractivity contribution < 1.29 is 5.11 Å². The summed E-state index contributed by atoms with van der Waals surface area (Å²) in [7, 11) is -1.09. The molecule has 2 atom stereocenters. The summed E-state index contributed by atoms with van der Waals surface area (Å²) in [6.07, 6.45) is 3.15. The molecule has 0 amide bonds. The van der Waals surface area contributed by atoms with Crippen LogP contribution in [0.4, 0.5) is 0 Å². The van der Waals surface area contributed by atoms with E-state index in [1.807, 2.05) is 31.3 Å². The van der Waals surface area contributed by atoms with Gasteiger partial charge in [-0.1, -0.05) is 51.0 Å². The van der Waals surface area contributed by atoms with Gasteiger partial charge in [0, 0.05) is 11.8 Å². The van der Waals surface area contributed by atoms with E-state index in [9.17, 15) is 5.11 Å². The van der Waals surface area contributed by atoms with E-state index in [1.54, 1.807) is 0 Å². The van der Waals surface area contributed by atoms with Gasteiger partial charge in [0.25, 0.3) is 0 Å². The number of aliphatic imine (C=N–C) groups is 1. The standard InChI is InChI=1S/C17H27NOSi/c1-5-20(6-2,7-3)16-11-15(16)18-12-14-10-8-9-13(4)17(14)19/h8-10,12,15-16,19H,5-7,11H2,1-4H3. The normalized spacial score (nSPS) is 22.4. The highest BCUT2D eigenvalue weighted by atomic mass is 28.3. The Balaban J connectivity index is 2.06. The highest BCUT2D eigenvalue weighted by Crippen LogP contribution is 2.52. The number of aromatic hydroxyl groups is 1. The second kappa shape index (κ2) is 6.13. The van der Waals surface area contributed by atoms with Crippen LogP contribution < -0.4 is 0 Å². The Labute approximate surface area is 124 Å². The minimum Gasteiger partial charge on any atom is -0.507 e. The molecule has 1 saturated carbocycles. The summed E-state index contributed by atoms with van der Waals surface area (Å²) < 4.78 is 0. The Morgan fingerprint density at radius 2 is 1.90 bits per heavy atom. The monoisotopic (exact) mass is 289 g/mol. The number of hydrogen-bond acceptors (Lipinski definition) is 2. The lowest BCUT2D eigenvalue weighted by molar-refractivity contribution is 0.470. The van der Waals surface area contributed by atoms with E-state index < -0.39 is 8.07 Å². The van der Waals surface area contributed by atoms with E-state index >= 15 is 0 Å². The zero-order valence-electron chi connectivity index (χ0n) is 13.2. The molecule has 2 rings (SSSR count). The Morgan fingerprint density at radius 1 is 1.25 bits per heavy atom. The summed E-state index contributed by atoms with van der Waals surface area (Å²) in [5.74, 6) is 0.374. The SMILES string of the molecule is CC[Si](CC)(CC)C1CC1N=Cc1cccc(C)c1O. The molecule has 1 fully saturated rings. The lowest BCUT2D eigenvalue weighted by atomic mass is 10.1. The summed E-state index contributed by atoms with van der Waals surface area (Å²) in [6.45, 7) is 9.02. The van der Waals surface area contributed by atoms with Gasteiger partial charge in [-0.15, -0.1) is 0 Å². The number of rotatable bonds is 6. The molecular weight excluding hydrogens is 262 g/mol. The molecule has 0 radical (unpaired) electrons. The van der Waals surface area contributed by atoms with Crippen LogP contribution in [0.2, 0.25) is 23.7 Å². The molecule has 110 valence electrons. The summed E-state index contributed by atoms with van der Waals surface area (Å²) >= 11 is 0. The molecule has 0 heterocycles. The molecule has 0 aromatic heterocycles. The van der Waals surface area contributed by atoms with Crippen molar-refractivity contribution in [1.29, 1.82) is 0 Å². The number of phenols is 1. The number of aryl methyl sites for hydroxylation is 1. The van der Waals surface area contributed by atoms with Crippen molar-refractivity contribution in [2.45, 2.75) is 63.8 Å². The van der Waals surface area contributed by atoms with E-state index in [1.165, 1.54) is 24.6 Å². The fourth-order valence-corrected chi connectivity index (χ4v) is 8.22. The van der Waals surface area contributed by atoms with Crippen LogP contribution in [0.25, 0.3) is 0 Å². The molecule has 1 aliphatic carbocycles. The second-order valence-electron chi connectivity index (χ2n) is 6.12. The van der Waals surface area contributed by atoms with Crippen LogP contribution in [0.5, 0.6) is 5.75 Å². The van der Waals surface area contributed by atoms with Crippen molar-refractivity contribution in [2.24, 2.45) is 4.99 Å². The average Bonchev–Trinajstić information content (AvgIpc) is 3.23. The van der Waals surface area contributed by atoms with Crippen LogP contribution in [0.1, 0.15) is 38.3 Å². The molecule has 0 bridgehead atoms. The maximum atomic E-state index is 10.0. The molecule has 1 aromatic rings. The van der Waals surface area contributed by atoms with Gasteiger partial charge >= 0.3 is 0 Å². The van der Waals surface area contributed by atoms with Gasteiger partial charge in [-0.05, 0) is 30.5 Å². The molecule has 3 heteroatoms. The van der Waals surface area contributed by atoms with E-state index in [0.29, 0.717) is 11.8 Å². The minimum atomic E-state index is -1.09. The van der Waals surface area contributed by atoms with Crippen molar-refractivity contribution in [3.8, 4) is 5.75 Å². The summed E-state index contributed by atoms with van der Waals surface area (Å²) in [5.41, 5.74) is 2.64. The first kappa shape index (κ1) is 15.3. The zero-order valence-corrected chi connectivity index (χ0v) is 14.2. The Morgan fingerprint density at radius 3 is 2.50 bits per heavy atom. The number of para-hydroxylation sites is 1. The lowest BCUT2D eigenvalue weighted by Crippen LogP contribution is -2.32. The third-order valence-electron chi connectivity index (χ3n) is 5.33. The minimum absolute atomic E-state index is 0.374. The van der Waals surface area contributed by atoms with E-state index in [2.05, 4.69) is 20.8 Å². The number of hydrogen-bond donors (Lipinski definition) is 1. The summed E-state index contributed by atoms with van der Waals surface area (Å²) in [6, 6.07) is 10.5. The zero-order chi connectivity index (χ0) is 14.8. The molecule has 0 spiro atoms. The molecule has 0 aliphatic heterocycles. The first-order valence-corrected chi connectivity index (χ1v) is 10.6. The number of phenolic OH excluding ortho intramolecular Hbond substituents is 1. The van der Waals surface area contributed by atoms with Crippen LogP contribution in [0.15, 0.2) is 23.2 Å². The Hall–Kier alpha value is -1.09. The molecule has 20 heavy (non-hydrogen) atoms. The van der Waals surface area contributed by atoms with Crippen molar-refractivity contribution >= 4 is 14.3 Å². The largest absolute Gasteiger partial charge is 0.507 e. The predicted octanol–water partition coefficient (Wildman–Crippen LogP) is 4.77. The third kappa shape index (κ3) is 2.83. The molecule has 1 N–H and O–H groups in total. The van der Waals surface area contributed by atoms with Crippen LogP contribution >= 0.6 is 0 Å². The van der Waals surface area contributed by atoms with Crippen molar-refractivity contribution in [1.82, 2.24) is 0 Å². The first-order valence-electron chi connectivity index (χ1n) is 7.89. The second-order valence-corrected chi connectivity index (χ2v) is 11.7. The fraction of sp³-hybridized carbons (Fsp3) is 0.588. The Bertz CT molecular complexity index is 485. The van der Waals surface area contributed by atoms with Gasteiger partial charge in [0.1, 0.15) is 5.75 Å². The van der Waals surface area contributed by atoms with Gasteiger partial charge in [0.15, 0.2) is 0 Å². The van der Waals surface area contributed by atoms with Gasteiger partial charge < -0.3 is 5.11 Å². The molecule has 1 aromatic carbocycles. The third-order valence-corrected chi connectivity index (χ3v) is 11.7. The molecule has 2 nitrogen and oxygen atoms in total. The van der Waals surface area contributed by atoms with Gasteiger partial charge in [-0.3, -0.25) is 4.99 Å². The van der Waals surface area contributed by atoms with Gasteiger partial charge in [0.2, 0.25) is 0 Å². The van der Waals surface area contributed by atoms with Gasteiger partial charge in [-0.2, -0.15) is 0 Å². The van der Waals surface area contributed by atoms with Gasteiger partial charge in [0.05, 0.1) is 14.1 Å². The van der Waals surface area contributed by atoms with Crippen molar-refractivity contribution in [3.63, 3.8) is 0 Å². The Kier molecular flexibility index (Phi) is 4.69. The molecule has 1 aliphatic rings. The summed E-state index contributed by atoms with van der Waals surface area (Å²) in [5, 5.41) is 10.0.